The summed E-state index contributed by atoms with van der Waals surface area (Å²) >= 11 is 0. The van der Waals surface area contributed by atoms with Crippen molar-refractivity contribution in [2.75, 3.05) is 6.61 Å². The second-order valence-corrected chi connectivity index (χ2v) is 4.88. The Morgan fingerprint density at radius 3 is 2.47 bits per heavy atom. The molecule has 1 saturated heterocycles. The van der Waals surface area contributed by atoms with E-state index in [2.05, 4.69) is 12.1 Å². The molecular formula is C14H20O3. The van der Waals surface area contributed by atoms with E-state index >= 15 is 0 Å². The van der Waals surface area contributed by atoms with E-state index in [1.165, 1.54) is 5.56 Å². The molecule has 0 N–H and O–H groups in total. The van der Waals surface area contributed by atoms with Crippen LogP contribution in [0.2, 0.25) is 0 Å². The lowest BCUT2D eigenvalue weighted by Gasteiger charge is -2.16. The maximum Gasteiger partial charge on any atom is 0.163 e. The minimum absolute atomic E-state index is 0.0220. The van der Waals surface area contributed by atoms with Gasteiger partial charge < -0.3 is 14.2 Å². The van der Waals surface area contributed by atoms with Crippen LogP contribution < -0.4 is 0 Å². The van der Waals surface area contributed by atoms with Crippen molar-refractivity contribution in [1.29, 1.82) is 0 Å². The van der Waals surface area contributed by atoms with Gasteiger partial charge in [0.15, 0.2) is 5.79 Å². The van der Waals surface area contributed by atoms with Gasteiger partial charge in [-0.25, -0.2) is 0 Å². The van der Waals surface area contributed by atoms with Crippen LogP contribution in [-0.2, 0) is 20.8 Å². The van der Waals surface area contributed by atoms with E-state index in [1.54, 1.807) is 0 Å². The second-order valence-electron chi connectivity index (χ2n) is 4.88. The zero-order chi connectivity index (χ0) is 12.3. The molecule has 0 bridgehead atoms. The van der Waals surface area contributed by atoms with Crippen LogP contribution in [0.3, 0.4) is 0 Å². The third-order valence-corrected chi connectivity index (χ3v) is 2.82. The SMILES string of the molecule is C[C@@H]1OC(C)(C)O[C@H]1COCc1ccccc1. The standard InChI is InChI=1S/C14H20O3/c1-11-13(17-14(2,3)16-11)10-15-9-12-7-5-4-6-8-12/h4-8,11,13H,9-10H2,1-3H3/t11-,13-/m0/s1. The largest absolute Gasteiger partial charge is 0.374 e. The summed E-state index contributed by atoms with van der Waals surface area (Å²) in [5.41, 5.74) is 1.18. The Morgan fingerprint density at radius 2 is 1.88 bits per heavy atom. The van der Waals surface area contributed by atoms with Gasteiger partial charge in [-0.2, -0.15) is 0 Å². The molecule has 1 heterocycles. The van der Waals surface area contributed by atoms with Crippen LogP contribution in [0.5, 0.6) is 0 Å². The maximum absolute atomic E-state index is 5.75. The highest BCUT2D eigenvalue weighted by Gasteiger charge is 2.38. The molecule has 0 unspecified atom stereocenters. The fourth-order valence-corrected chi connectivity index (χ4v) is 2.05. The van der Waals surface area contributed by atoms with Crippen molar-refractivity contribution in [3.63, 3.8) is 0 Å². The summed E-state index contributed by atoms with van der Waals surface area (Å²) in [4.78, 5) is 0. The molecule has 1 fully saturated rings. The first-order chi connectivity index (χ1) is 8.07. The average molecular weight is 236 g/mol. The minimum Gasteiger partial charge on any atom is -0.374 e. The molecule has 17 heavy (non-hydrogen) atoms. The summed E-state index contributed by atoms with van der Waals surface area (Å²) in [6.07, 6.45) is 0.106. The first kappa shape index (κ1) is 12.6. The summed E-state index contributed by atoms with van der Waals surface area (Å²) in [7, 11) is 0. The molecule has 0 amide bonds. The molecule has 3 nitrogen and oxygen atoms in total. The van der Waals surface area contributed by atoms with Crippen LogP contribution in [0.25, 0.3) is 0 Å². The summed E-state index contributed by atoms with van der Waals surface area (Å²) in [6, 6.07) is 10.1. The second kappa shape index (κ2) is 5.17. The van der Waals surface area contributed by atoms with Crippen LogP contribution in [0, 0.1) is 0 Å². The highest BCUT2D eigenvalue weighted by molar-refractivity contribution is 5.13. The van der Waals surface area contributed by atoms with Crippen molar-refractivity contribution in [2.45, 2.75) is 45.4 Å². The monoisotopic (exact) mass is 236 g/mol. The molecule has 0 spiro atoms. The summed E-state index contributed by atoms with van der Waals surface area (Å²) in [6.45, 7) is 7.07. The van der Waals surface area contributed by atoms with Crippen molar-refractivity contribution in [3.8, 4) is 0 Å². The number of hydrogen-bond acceptors (Lipinski definition) is 3. The van der Waals surface area contributed by atoms with Crippen LogP contribution in [0.4, 0.5) is 0 Å². The third kappa shape index (κ3) is 3.53. The van der Waals surface area contributed by atoms with E-state index in [0.29, 0.717) is 13.2 Å². The highest BCUT2D eigenvalue weighted by atomic mass is 16.8. The Kier molecular flexibility index (Phi) is 3.82. The van der Waals surface area contributed by atoms with Gasteiger partial charge in [-0.15, -0.1) is 0 Å². The van der Waals surface area contributed by atoms with Crippen molar-refractivity contribution in [3.05, 3.63) is 35.9 Å². The van der Waals surface area contributed by atoms with Crippen LogP contribution in [0.1, 0.15) is 26.3 Å². The minimum atomic E-state index is -0.486. The number of ether oxygens (including phenoxy) is 3. The topological polar surface area (TPSA) is 27.7 Å². The molecule has 2 atom stereocenters. The zero-order valence-electron chi connectivity index (χ0n) is 10.7. The van der Waals surface area contributed by atoms with E-state index in [9.17, 15) is 0 Å². The predicted molar refractivity (Wildman–Crippen MR) is 65.6 cm³/mol. The number of rotatable bonds is 4. The predicted octanol–water partition coefficient (Wildman–Crippen LogP) is 2.74. The van der Waals surface area contributed by atoms with Crippen molar-refractivity contribution < 1.29 is 14.2 Å². The lowest BCUT2D eigenvalue weighted by molar-refractivity contribution is -0.150. The number of benzene rings is 1. The van der Waals surface area contributed by atoms with Crippen LogP contribution >= 0.6 is 0 Å². The molecule has 0 aromatic heterocycles. The first-order valence-electron chi connectivity index (χ1n) is 6.04. The molecule has 1 aliphatic rings. The van der Waals surface area contributed by atoms with E-state index in [1.807, 2.05) is 39.0 Å². The Hall–Kier alpha value is -0.900. The summed E-state index contributed by atoms with van der Waals surface area (Å²) in [5.74, 6) is -0.486. The molecule has 0 aliphatic carbocycles. The molecule has 0 saturated carbocycles. The highest BCUT2D eigenvalue weighted by Crippen LogP contribution is 2.27. The first-order valence-corrected chi connectivity index (χ1v) is 6.04. The molecule has 1 aromatic rings. The third-order valence-electron chi connectivity index (χ3n) is 2.82. The Labute approximate surface area is 103 Å². The van der Waals surface area contributed by atoms with E-state index in [-0.39, 0.29) is 12.2 Å². The van der Waals surface area contributed by atoms with E-state index < -0.39 is 5.79 Å². The Balaban J connectivity index is 1.76. The van der Waals surface area contributed by atoms with Gasteiger partial charge in [0.05, 0.1) is 19.3 Å². The van der Waals surface area contributed by atoms with Crippen molar-refractivity contribution >= 4 is 0 Å². The van der Waals surface area contributed by atoms with Gasteiger partial charge in [0.25, 0.3) is 0 Å². The van der Waals surface area contributed by atoms with Gasteiger partial charge in [-0.1, -0.05) is 30.3 Å². The van der Waals surface area contributed by atoms with E-state index in [0.717, 1.165) is 0 Å². The number of hydrogen-bond donors (Lipinski definition) is 0. The van der Waals surface area contributed by atoms with Crippen molar-refractivity contribution in [1.82, 2.24) is 0 Å². The Morgan fingerprint density at radius 1 is 1.18 bits per heavy atom. The fourth-order valence-electron chi connectivity index (χ4n) is 2.05. The van der Waals surface area contributed by atoms with Gasteiger partial charge in [-0.05, 0) is 26.3 Å². The van der Waals surface area contributed by atoms with Gasteiger partial charge in [-0.3, -0.25) is 0 Å². The average Bonchev–Trinajstić information content (AvgIpc) is 2.53. The lowest BCUT2D eigenvalue weighted by atomic mass is 10.2. The molecule has 1 aliphatic heterocycles. The molecule has 3 heteroatoms. The molecule has 0 radical (unpaired) electrons. The van der Waals surface area contributed by atoms with Gasteiger partial charge in [0.2, 0.25) is 0 Å². The van der Waals surface area contributed by atoms with Gasteiger partial charge >= 0.3 is 0 Å². The molecular weight excluding hydrogens is 216 g/mol. The smallest absolute Gasteiger partial charge is 0.163 e. The molecule has 2 rings (SSSR count). The summed E-state index contributed by atoms with van der Waals surface area (Å²) in [5, 5.41) is 0. The quantitative estimate of drug-likeness (QED) is 0.804. The van der Waals surface area contributed by atoms with E-state index in [4.69, 9.17) is 14.2 Å². The fraction of sp³-hybridized carbons (Fsp3) is 0.571. The van der Waals surface area contributed by atoms with Crippen LogP contribution in [0.15, 0.2) is 30.3 Å². The zero-order valence-corrected chi connectivity index (χ0v) is 10.7. The van der Waals surface area contributed by atoms with Gasteiger partial charge in [0, 0.05) is 0 Å². The van der Waals surface area contributed by atoms with Gasteiger partial charge in [0.1, 0.15) is 6.10 Å². The Bertz CT molecular complexity index is 348. The summed E-state index contributed by atoms with van der Waals surface area (Å²) < 4.78 is 17.1. The normalized spacial score (nSPS) is 27.2. The lowest BCUT2D eigenvalue weighted by Crippen LogP contribution is -2.25. The van der Waals surface area contributed by atoms with Crippen LogP contribution in [-0.4, -0.2) is 24.6 Å². The maximum atomic E-state index is 5.75. The van der Waals surface area contributed by atoms with Crippen molar-refractivity contribution in [2.24, 2.45) is 0 Å². The molecule has 94 valence electrons. The molecule has 1 aromatic carbocycles.